The Hall–Kier alpha value is -0.380. The van der Waals surface area contributed by atoms with Crippen molar-refractivity contribution in [1.82, 2.24) is 0 Å². The van der Waals surface area contributed by atoms with Crippen LogP contribution in [-0.2, 0) is 9.47 Å². The summed E-state index contributed by atoms with van der Waals surface area (Å²) in [6, 6.07) is 0. The van der Waals surface area contributed by atoms with E-state index >= 15 is 0 Å². The van der Waals surface area contributed by atoms with Gasteiger partial charge in [0, 0.05) is 0 Å². The van der Waals surface area contributed by atoms with Gasteiger partial charge in [-0.3, -0.25) is 0 Å². The molecule has 1 saturated heterocycles. The second kappa shape index (κ2) is 3.56. The van der Waals surface area contributed by atoms with Crippen molar-refractivity contribution < 1.29 is 9.47 Å². The molecule has 0 aromatic rings. The monoisotopic (exact) mass is 171 g/mol. The van der Waals surface area contributed by atoms with E-state index < -0.39 is 5.79 Å². The number of rotatable bonds is 3. The third-order valence-corrected chi connectivity index (χ3v) is 1.91. The molecule has 0 aromatic heterocycles. The molecule has 0 unspecified atom stereocenters. The smallest absolute Gasteiger partial charge is 0.164 e. The van der Waals surface area contributed by atoms with Crippen LogP contribution in [0.15, 0.2) is 12.7 Å². The highest BCUT2D eigenvalue weighted by atomic mass is 16.7. The zero-order chi connectivity index (χ0) is 9.19. The maximum absolute atomic E-state index is 5.62. The molecule has 0 amide bonds. The highest BCUT2D eigenvalue weighted by Gasteiger charge is 2.38. The van der Waals surface area contributed by atoms with Crippen LogP contribution in [0, 0.1) is 0 Å². The molecule has 12 heavy (non-hydrogen) atoms. The molecule has 0 bridgehead atoms. The van der Waals surface area contributed by atoms with Crippen molar-refractivity contribution in [2.45, 2.75) is 38.3 Å². The van der Waals surface area contributed by atoms with Gasteiger partial charge in [0.1, 0.15) is 6.10 Å². The minimum Gasteiger partial charge on any atom is -0.344 e. The van der Waals surface area contributed by atoms with Crippen LogP contribution in [0.3, 0.4) is 0 Å². The summed E-state index contributed by atoms with van der Waals surface area (Å²) in [5.41, 5.74) is 5.44. The van der Waals surface area contributed by atoms with Crippen molar-refractivity contribution in [3.63, 3.8) is 0 Å². The van der Waals surface area contributed by atoms with Crippen molar-refractivity contribution in [1.29, 1.82) is 0 Å². The highest BCUT2D eigenvalue weighted by Crippen LogP contribution is 2.29. The van der Waals surface area contributed by atoms with E-state index in [1.54, 1.807) is 6.08 Å². The summed E-state index contributed by atoms with van der Waals surface area (Å²) in [7, 11) is 0. The molecule has 70 valence electrons. The molecule has 0 saturated carbocycles. The predicted octanol–water partition coefficient (Wildman–Crippen LogP) is 1.04. The third-order valence-electron chi connectivity index (χ3n) is 1.91. The fourth-order valence-electron chi connectivity index (χ4n) is 1.45. The predicted molar refractivity (Wildman–Crippen MR) is 47.7 cm³/mol. The Morgan fingerprint density at radius 2 is 2.17 bits per heavy atom. The number of hydrogen-bond donors (Lipinski definition) is 1. The Morgan fingerprint density at radius 3 is 2.67 bits per heavy atom. The average Bonchev–Trinajstić information content (AvgIpc) is 2.26. The van der Waals surface area contributed by atoms with Gasteiger partial charge in [0.2, 0.25) is 0 Å². The molecule has 0 spiro atoms. The van der Waals surface area contributed by atoms with E-state index in [1.807, 2.05) is 13.8 Å². The van der Waals surface area contributed by atoms with E-state index in [2.05, 4.69) is 6.58 Å². The molecule has 1 aliphatic heterocycles. The van der Waals surface area contributed by atoms with E-state index in [9.17, 15) is 0 Å². The van der Waals surface area contributed by atoms with Gasteiger partial charge in [-0.25, -0.2) is 0 Å². The summed E-state index contributed by atoms with van der Waals surface area (Å²) < 4.78 is 11.2. The maximum Gasteiger partial charge on any atom is 0.164 e. The first-order chi connectivity index (χ1) is 5.59. The van der Waals surface area contributed by atoms with Crippen molar-refractivity contribution in [2.75, 3.05) is 6.54 Å². The first kappa shape index (κ1) is 9.71. The van der Waals surface area contributed by atoms with Gasteiger partial charge in [0.25, 0.3) is 0 Å². The molecule has 1 rings (SSSR count). The Labute approximate surface area is 73.5 Å². The number of nitrogens with two attached hydrogens (primary N) is 1. The van der Waals surface area contributed by atoms with Crippen LogP contribution in [0.25, 0.3) is 0 Å². The molecule has 2 N–H and O–H groups in total. The number of ether oxygens (including phenoxy) is 2. The Morgan fingerprint density at radius 1 is 1.50 bits per heavy atom. The normalized spacial score (nSPS) is 33.6. The van der Waals surface area contributed by atoms with Gasteiger partial charge in [0.05, 0.1) is 6.10 Å². The van der Waals surface area contributed by atoms with Crippen LogP contribution in [-0.4, -0.2) is 24.5 Å². The van der Waals surface area contributed by atoms with Crippen LogP contribution in [0.4, 0.5) is 0 Å². The molecule has 1 heterocycles. The molecule has 3 nitrogen and oxygen atoms in total. The summed E-state index contributed by atoms with van der Waals surface area (Å²) in [6.45, 7) is 8.12. The average molecular weight is 171 g/mol. The van der Waals surface area contributed by atoms with Gasteiger partial charge in [-0.05, 0) is 26.8 Å². The summed E-state index contributed by atoms with van der Waals surface area (Å²) in [4.78, 5) is 0. The summed E-state index contributed by atoms with van der Waals surface area (Å²) in [5, 5.41) is 0. The van der Waals surface area contributed by atoms with Gasteiger partial charge in [-0.2, -0.15) is 0 Å². The van der Waals surface area contributed by atoms with E-state index in [4.69, 9.17) is 15.2 Å². The van der Waals surface area contributed by atoms with Gasteiger partial charge >= 0.3 is 0 Å². The fourth-order valence-corrected chi connectivity index (χ4v) is 1.45. The first-order valence-corrected chi connectivity index (χ1v) is 4.27. The van der Waals surface area contributed by atoms with Gasteiger partial charge < -0.3 is 15.2 Å². The highest BCUT2D eigenvalue weighted by molar-refractivity contribution is 4.92. The Bertz CT molecular complexity index is 168. The molecule has 0 aromatic carbocycles. The lowest BCUT2D eigenvalue weighted by Crippen LogP contribution is -2.24. The lowest BCUT2D eigenvalue weighted by atomic mass is 10.1. The van der Waals surface area contributed by atoms with E-state index in [1.165, 1.54) is 0 Å². The summed E-state index contributed by atoms with van der Waals surface area (Å²) in [5.74, 6) is -0.487. The second-order valence-electron chi connectivity index (χ2n) is 3.45. The van der Waals surface area contributed by atoms with Gasteiger partial charge in [-0.15, -0.1) is 6.58 Å². The van der Waals surface area contributed by atoms with E-state index in [0.29, 0.717) is 6.54 Å². The summed E-state index contributed by atoms with van der Waals surface area (Å²) >= 11 is 0. The molecule has 0 radical (unpaired) electrons. The first-order valence-electron chi connectivity index (χ1n) is 4.27. The van der Waals surface area contributed by atoms with Crippen LogP contribution in [0.5, 0.6) is 0 Å². The molecular formula is C9H17NO2. The van der Waals surface area contributed by atoms with Gasteiger partial charge in [0.15, 0.2) is 5.79 Å². The van der Waals surface area contributed by atoms with Crippen molar-refractivity contribution in [3.05, 3.63) is 12.7 Å². The quantitative estimate of drug-likeness (QED) is 0.645. The molecule has 1 aliphatic rings. The van der Waals surface area contributed by atoms with Crippen molar-refractivity contribution >= 4 is 0 Å². The lowest BCUT2D eigenvalue weighted by molar-refractivity contribution is -0.143. The van der Waals surface area contributed by atoms with E-state index in [0.717, 1.165) is 6.42 Å². The Kier molecular flexibility index (Phi) is 2.88. The third kappa shape index (κ3) is 2.06. The minimum atomic E-state index is -0.487. The summed E-state index contributed by atoms with van der Waals surface area (Å²) in [6.07, 6.45) is 2.65. The SMILES string of the molecule is C=C[C@@H]1OC(C)(C)O[C@@H]1CCN. The van der Waals surface area contributed by atoms with Crippen molar-refractivity contribution in [2.24, 2.45) is 5.73 Å². The van der Waals surface area contributed by atoms with Crippen LogP contribution in [0.1, 0.15) is 20.3 Å². The molecular weight excluding hydrogens is 154 g/mol. The molecule has 3 heteroatoms. The maximum atomic E-state index is 5.62. The largest absolute Gasteiger partial charge is 0.344 e. The zero-order valence-corrected chi connectivity index (χ0v) is 7.75. The number of hydrogen-bond acceptors (Lipinski definition) is 3. The second-order valence-corrected chi connectivity index (χ2v) is 3.45. The molecule has 1 fully saturated rings. The van der Waals surface area contributed by atoms with E-state index in [-0.39, 0.29) is 12.2 Å². The topological polar surface area (TPSA) is 44.5 Å². The molecule has 0 aliphatic carbocycles. The van der Waals surface area contributed by atoms with Crippen LogP contribution >= 0.6 is 0 Å². The van der Waals surface area contributed by atoms with Crippen LogP contribution < -0.4 is 5.73 Å². The van der Waals surface area contributed by atoms with Gasteiger partial charge in [-0.1, -0.05) is 6.08 Å². The van der Waals surface area contributed by atoms with Crippen LogP contribution in [0.2, 0.25) is 0 Å². The Balaban J connectivity index is 2.56. The molecule has 2 atom stereocenters. The standard InChI is InChI=1S/C9H17NO2/c1-4-7-8(5-6-10)12-9(2,3)11-7/h4,7-8H,1,5-6,10H2,2-3H3/t7-,8+/m0/s1. The minimum absolute atomic E-state index is 0.0106. The fraction of sp³-hybridized carbons (Fsp3) is 0.778. The van der Waals surface area contributed by atoms with Crippen molar-refractivity contribution in [3.8, 4) is 0 Å². The zero-order valence-electron chi connectivity index (χ0n) is 7.75. The lowest BCUT2D eigenvalue weighted by Gasteiger charge is -2.16.